The van der Waals surface area contributed by atoms with Crippen LogP contribution in [0.2, 0.25) is 0 Å². The van der Waals surface area contributed by atoms with E-state index in [4.69, 9.17) is 23.4 Å². The molecule has 7 nitrogen and oxygen atoms in total. The van der Waals surface area contributed by atoms with Gasteiger partial charge in [-0.3, -0.25) is 0 Å². The molecule has 0 atom stereocenters. The molecular formula is C19H16O7. The molecule has 0 spiro atoms. The zero-order chi connectivity index (χ0) is 18.4. The number of phenolic OH excluding ortho intramolecular Hbond substituents is 1. The number of rotatable bonds is 3. The maximum atomic E-state index is 12.7. The Hall–Kier alpha value is -3.35. The Bertz CT molecular complexity index is 1080. The Labute approximate surface area is 148 Å². The summed E-state index contributed by atoms with van der Waals surface area (Å²) in [5, 5.41) is 10.5. The quantitative estimate of drug-likeness (QED) is 0.722. The molecule has 3 aromatic rings. The molecule has 4 rings (SSSR count). The minimum atomic E-state index is -0.559. The van der Waals surface area contributed by atoms with E-state index in [0.29, 0.717) is 39.3 Å². The van der Waals surface area contributed by atoms with Gasteiger partial charge in [0.05, 0.1) is 21.3 Å². The van der Waals surface area contributed by atoms with Crippen molar-refractivity contribution in [2.24, 2.45) is 0 Å². The van der Waals surface area contributed by atoms with Crippen LogP contribution < -0.4 is 24.6 Å². The summed E-state index contributed by atoms with van der Waals surface area (Å²) in [6.07, 6.45) is 0. The fraction of sp³-hybridized carbons (Fsp3) is 0.211. The van der Waals surface area contributed by atoms with E-state index in [1.165, 1.54) is 27.4 Å². The number of hydrogen-bond acceptors (Lipinski definition) is 7. The van der Waals surface area contributed by atoms with E-state index >= 15 is 0 Å². The molecule has 26 heavy (non-hydrogen) atoms. The molecule has 134 valence electrons. The molecule has 1 aliphatic heterocycles. The molecule has 0 aliphatic carbocycles. The van der Waals surface area contributed by atoms with Crippen molar-refractivity contribution in [2.45, 2.75) is 6.61 Å². The number of ether oxygens (including phenoxy) is 4. The van der Waals surface area contributed by atoms with Crippen molar-refractivity contribution in [1.29, 1.82) is 0 Å². The summed E-state index contributed by atoms with van der Waals surface area (Å²) in [4.78, 5) is 12.7. The Morgan fingerprint density at radius 2 is 1.77 bits per heavy atom. The SMILES string of the molecule is COc1cc(OC)c2c3c(c(=O)oc2c1)-c1cc(OC)c(O)cc1CO3. The molecule has 0 unspecified atom stereocenters. The van der Waals surface area contributed by atoms with E-state index in [9.17, 15) is 9.90 Å². The lowest BCUT2D eigenvalue weighted by atomic mass is 9.96. The van der Waals surface area contributed by atoms with Gasteiger partial charge in [-0.1, -0.05) is 0 Å². The third-order valence-electron chi connectivity index (χ3n) is 4.40. The summed E-state index contributed by atoms with van der Waals surface area (Å²) in [7, 11) is 4.48. The third-order valence-corrected chi connectivity index (χ3v) is 4.40. The number of methoxy groups -OCH3 is 3. The standard InChI is InChI=1S/C19H16O7/c1-22-10-5-14(24-3)17-15(6-10)26-19(21)16-11-7-13(23-2)12(20)4-9(11)8-25-18(16)17/h4-7,20H,8H2,1-3H3. The van der Waals surface area contributed by atoms with Crippen molar-refractivity contribution in [3.63, 3.8) is 0 Å². The minimum absolute atomic E-state index is 0.0224. The number of benzene rings is 2. The number of fused-ring (bicyclic) bond motifs is 5. The van der Waals surface area contributed by atoms with Crippen molar-refractivity contribution < 1.29 is 28.5 Å². The van der Waals surface area contributed by atoms with Crippen LogP contribution in [0.3, 0.4) is 0 Å². The van der Waals surface area contributed by atoms with Crippen LogP contribution in [0.15, 0.2) is 33.5 Å². The molecular weight excluding hydrogens is 340 g/mol. The zero-order valence-electron chi connectivity index (χ0n) is 14.4. The van der Waals surface area contributed by atoms with Crippen molar-refractivity contribution in [3.8, 4) is 39.9 Å². The summed E-state index contributed by atoms with van der Waals surface area (Å²) < 4.78 is 27.2. The molecule has 7 heteroatoms. The lowest BCUT2D eigenvalue weighted by molar-refractivity contribution is 0.299. The maximum Gasteiger partial charge on any atom is 0.348 e. The van der Waals surface area contributed by atoms with Crippen molar-refractivity contribution in [1.82, 2.24) is 0 Å². The normalized spacial score (nSPS) is 12.1. The van der Waals surface area contributed by atoms with Gasteiger partial charge in [0.1, 0.15) is 40.4 Å². The van der Waals surface area contributed by atoms with Crippen LogP contribution >= 0.6 is 0 Å². The summed E-state index contributed by atoms with van der Waals surface area (Å²) in [5.41, 5.74) is 1.26. The highest BCUT2D eigenvalue weighted by atomic mass is 16.5. The molecule has 1 aliphatic rings. The van der Waals surface area contributed by atoms with Gasteiger partial charge >= 0.3 is 5.63 Å². The molecule has 1 aromatic heterocycles. The molecule has 0 saturated heterocycles. The van der Waals surface area contributed by atoms with Gasteiger partial charge in [0, 0.05) is 23.3 Å². The van der Waals surface area contributed by atoms with Crippen molar-refractivity contribution >= 4 is 11.0 Å². The second-order valence-electron chi connectivity index (χ2n) is 5.77. The number of phenols is 1. The van der Waals surface area contributed by atoms with Gasteiger partial charge in [-0.05, 0) is 12.1 Å². The fourth-order valence-corrected chi connectivity index (χ4v) is 3.17. The molecule has 2 heterocycles. The largest absolute Gasteiger partial charge is 0.504 e. The Morgan fingerprint density at radius 1 is 1.00 bits per heavy atom. The van der Waals surface area contributed by atoms with Gasteiger partial charge in [0.2, 0.25) is 0 Å². The highest BCUT2D eigenvalue weighted by Gasteiger charge is 2.28. The monoisotopic (exact) mass is 356 g/mol. The van der Waals surface area contributed by atoms with Gasteiger partial charge in [-0.15, -0.1) is 0 Å². The predicted octanol–water partition coefficient (Wildman–Crippen LogP) is 3.08. The molecule has 0 radical (unpaired) electrons. The van der Waals surface area contributed by atoms with Crippen LogP contribution in [-0.4, -0.2) is 26.4 Å². The predicted molar refractivity (Wildman–Crippen MR) is 93.6 cm³/mol. The van der Waals surface area contributed by atoms with Crippen molar-refractivity contribution in [3.05, 3.63) is 40.2 Å². The van der Waals surface area contributed by atoms with Crippen LogP contribution in [0, 0.1) is 0 Å². The smallest absolute Gasteiger partial charge is 0.348 e. The Kier molecular flexibility index (Phi) is 3.64. The first-order valence-electron chi connectivity index (χ1n) is 7.83. The first kappa shape index (κ1) is 16.1. The molecule has 0 amide bonds. The van der Waals surface area contributed by atoms with Crippen LogP contribution in [0.5, 0.6) is 28.7 Å². The van der Waals surface area contributed by atoms with Gasteiger partial charge in [-0.2, -0.15) is 0 Å². The van der Waals surface area contributed by atoms with E-state index in [1.807, 2.05) is 0 Å². The highest BCUT2D eigenvalue weighted by molar-refractivity contribution is 5.97. The average Bonchev–Trinajstić information content (AvgIpc) is 2.65. The molecule has 2 aromatic carbocycles. The molecule has 0 saturated carbocycles. The molecule has 0 fully saturated rings. The Balaban J connectivity index is 2.09. The van der Waals surface area contributed by atoms with E-state index in [2.05, 4.69) is 0 Å². The summed E-state index contributed by atoms with van der Waals surface area (Å²) in [6.45, 7) is 0.188. The average molecular weight is 356 g/mol. The van der Waals surface area contributed by atoms with Gasteiger partial charge < -0.3 is 28.5 Å². The van der Waals surface area contributed by atoms with E-state index in [1.54, 1.807) is 18.2 Å². The minimum Gasteiger partial charge on any atom is -0.504 e. The summed E-state index contributed by atoms with van der Waals surface area (Å²) in [6, 6.07) is 6.42. The van der Waals surface area contributed by atoms with Gasteiger partial charge in [0.15, 0.2) is 11.5 Å². The van der Waals surface area contributed by atoms with Crippen LogP contribution in [0.4, 0.5) is 0 Å². The zero-order valence-corrected chi connectivity index (χ0v) is 14.4. The van der Waals surface area contributed by atoms with E-state index < -0.39 is 5.63 Å². The van der Waals surface area contributed by atoms with E-state index in [-0.39, 0.29) is 23.7 Å². The fourth-order valence-electron chi connectivity index (χ4n) is 3.17. The maximum absolute atomic E-state index is 12.7. The molecule has 0 bridgehead atoms. The summed E-state index contributed by atoms with van der Waals surface area (Å²) in [5.74, 6) is 1.58. The lowest BCUT2D eigenvalue weighted by Gasteiger charge is -2.22. The van der Waals surface area contributed by atoms with Crippen LogP contribution in [0.1, 0.15) is 5.56 Å². The number of hydrogen-bond donors (Lipinski definition) is 1. The van der Waals surface area contributed by atoms with Gasteiger partial charge in [0.25, 0.3) is 0 Å². The highest BCUT2D eigenvalue weighted by Crippen LogP contribution is 2.46. The topological polar surface area (TPSA) is 87.4 Å². The summed E-state index contributed by atoms with van der Waals surface area (Å²) >= 11 is 0. The van der Waals surface area contributed by atoms with Crippen LogP contribution in [0.25, 0.3) is 22.1 Å². The second-order valence-corrected chi connectivity index (χ2v) is 5.77. The number of aromatic hydroxyl groups is 1. The lowest BCUT2D eigenvalue weighted by Crippen LogP contribution is -2.14. The second kappa shape index (κ2) is 5.87. The third kappa shape index (κ3) is 2.24. The van der Waals surface area contributed by atoms with E-state index in [0.717, 1.165) is 0 Å². The van der Waals surface area contributed by atoms with Crippen molar-refractivity contribution in [2.75, 3.05) is 21.3 Å². The first-order chi connectivity index (χ1) is 12.6. The first-order valence-corrected chi connectivity index (χ1v) is 7.83. The molecule has 1 N–H and O–H groups in total. The van der Waals surface area contributed by atoms with Gasteiger partial charge in [-0.25, -0.2) is 4.79 Å². The van der Waals surface area contributed by atoms with Crippen LogP contribution in [-0.2, 0) is 6.61 Å². The Morgan fingerprint density at radius 3 is 2.46 bits per heavy atom.